The predicted octanol–water partition coefficient (Wildman–Crippen LogP) is 3.09. The molecule has 1 atom stereocenters. The number of likely N-dealkylation sites (N-methyl/N-ethyl adjacent to an activating group) is 1. The molecular formula is C20H24N2O2. The lowest BCUT2D eigenvalue weighted by Gasteiger charge is -2.32. The van der Waals surface area contributed by atoms with Gasteiger partial charge >= 0.3 is 0 Å². The maximum atomic E-state index is 12.9. The van der Waals surface area contributed by atoms with Crippen LogP contribution in [0.2, 0.25) is 0 Å². The fraction of sp³-hybridized carbons (Fsp3) is 0.350. The molecule has 1 amide bonds. The van der Waals surface area contributed by atoms with Crippen molar-refractivity contribution < 1.29 is 9.53 Å². The Kier molecular flexibility index (Phi) is 5.49. The average molecular weight is 324 g/mol. The Bertz CT molecular complexity index is 666. The molecule has 1 unspecified atom stereocenters. The van der Waals surface area contributed by atoms with Crippen LogP contribution in [0.5, 0.6) is 5.75 Å². The highest BCUT2D eigenvalue weighted by Gasteiger charge is 2.24. The summed E-state index contributed by atoms with van der Waals surface area (Å²) in [7, 11) is 1.88. The summed E-state index contributed by atoms with van der Waals surface area (Å²) in [5, 5.41) is 3.36. The number of hydrogen-bond donors (Lipinski definition) is 1. The van der Waals surface area contributed by atoms with Gasteiger partial charge in [-0.2, -0.15) is 0 Å². The summed E-state index contributed by atoms with van der Waals surface area (Å²) in [6.45, 7) is 2.35. The number of rotatable bonds is 5. The first kappa shape index (κ1) is 16.5. The van der Waals surface area contributed by atoms with Gasteiger partial charge in [0.1, 0.15) is 12.4 Å². The van der Waals surface area contributed by atoms with Gasteiger partial charge in [0.15, 0.2) is 0 Å². The van der Waals surface area contributed by atoms with E-state index in [4.69, 9.17) is 4.74 Å². The Balaban J connectivity index is 1.71. The lowest BCUT2D eigenvalue weighted by molar-refractivity contribution is 0.0703. The Morgan fingerprint density at radius 3 is 2.67 bits per heavy atom. The fourth-order valence-electron chi connectivity index (χ4n) is 3.02. The van der Waals surface area contributed by atoms with E-state index < -0.39 is 0 Å². The van der Waals surface area contributed by atoms with Gasteiger partial charge in [0.05, 0.1) is 5.56 Å². The van der Waals surface area contributed by atoms with Crippen LogP contribution in [0.15, 0.2) is 54.6 Å². The van der Waals surface area contributed by atoms with Crippen LogP contribution in [-0.2, 0) is 6.61 Å². The average Bonchev–Trinajstić information content (AvgIpc) is 2.67. The van der Waals surface area contributed by atoms with E-state index >= 15 is 0 Å². The molecule has 1 heterocycles. The number of amides is 1. The van der Waals surface area contributed by atoms with Crippen molar-refractivity contribution in [1.82, 2.24) is 10.2 Å². The molecule has 0 aromatic heterocycles. The van der Waals surface area contributed by atoms with Gasteiger partial charge < -0.3 is 15.0 Å². The monoisotopic (exact) mass is 324 g/mol. The van der Waals surface area contributed by atoms with Gasteiger partial charge in [-0.15, -0.1) is 0 Å². The molecule has 1 fully saturated rings. The standard InChI is InChI=1S/C20H24N2O2/c1-22(17-10-7-13-21-14-17)20(23)18-11-5-6-12-19(18)24-15-16-8-3-2-4-9-16/h2-6,8-9,11-12,17,21H,7,10,13-15H2,1H3. The molecule has 126 valence electrons. The largest absolute Gasteiger partial charge is 0.488 e. The molecule has 3 rings (SSSR count). The molecule has 0 saturated carbocycles. The quantitative estimate of drug-likeness (QED) is 0.919. The van der Waals surface area contributed by atoms with Crippen LogP contribution >= 0.6 is 0 Å². The molecule has 1 N–H and O–H groups in total. The van der Waals surface area contributed by atoms with Crippen LogP contribution in [0.1, 0.15) is 28.8 Å². The minimum atomic E-state index is 0.0207. The molecule has 4 heteroatoms. The number of nitrogens with zero attached hydrogens (tertiary/aromatic N) is 1. The highest BCUT2D eigenvalue weighted by atomic mass is 16.5. The number of hydrogen-bond acceptors (Lipinski definition) is 3. The molecule has 1 aliphatic rings. The predicted molar refractivity (Wildman–Crippen MR) is 95.2 cm³/mol. The van der Waals surface area contributed by atoms with Crippen LogP contribution in [0.25, 0.3) is 0 Å². The maximum Gasteiger partial charge on any atom is 0.257 e. The SMILES string of the molecule is CN(C(=O)c1ccccc1OCc1ccccc1)C1CCCNC1. The highest BCUT2D eigenvalue weighted by Crippen LogP contribution is 2.22. The molecule has 0 spiro atoms. The van der Waals surface area contributed by atoms with Crippen LogP contribution in [0, 0.1) is 0 Å². The van der Waals surface area contributed by atoms with E-state index in [1.165, 1.54) is 0 Å². The zero-order valence-corrected chi connectivity index (χ0v) is 14.1. The first-order chi connectivity index (χ1) is 11.8. The van der Waals surface area contributed by atoms with Crippen molar-refractivity contribution in [1.29, 1.82) is 0 Å². The smallest absolute Gasteiger partial charge is 0.257 e. The highest BCUT2D eigenvalue weighted by molar-refractivity contribution is 5.97. The number of benzene rings is 2. The van der Waals surface area contributed by atoms with E-state index in [-0.39, 0.29) is 11.9 Å². The molecule has 2 aromatic carbocycles. The zero-order chi connectivity index (χ0) is 16.8. The molecule has 24 heavy (non-hydrogen) atoms. The first-order valence-electron chi connectivity index (χ1n) is 8.49. The van der Waals surface area contributed by atoms with E-state index in [0.29, 0.717) is 17.9 Å². The number of ether oxygens (including phenoxy) is 1. The van der Waals surface area contributed by atoms with Crippen LogP contribution < -0.4 is 10.1 Å². The van der Waals surface area contributed by atoms with E-state index in [0.717, 1.165) is 31.5 Å². The van der Waals surface area contributed by atoms with Crippen molar-refractivity contribution in [3.8, 4) is 5.75 Å². The van der Waals surface area contributed by atoms with Crippen molar-refractivity contribution in [2.24, 2.45) is 0 Å². The molecule has 1 saturated heterocycles. The lowest BCUT2D eigenvalue weighted by atomic mass is 10.0. The lowest BCUT2D eigenvalue weighted by Crippen LogP contribution is -2.46. The van der Waals surface area contributed by atoms with Crippen molar-refractivity contribution >= 4 is 5.91 Å². The van der Waals surface area contributed by atoms with Gasteiger partial charge in [-0.25, -0.2) is 0 Å². The minimum Gasteiger partial charge on any atom is -0.488 e. The first-order valence-corrected chi connectivity index (χ1v) is 8.49. The van der Waals surface area contributed by atoms with E-state index in [1.807, 2.05) is 66.5 Å². The van der Waals surface area contributed by atoms with E-state index in [2.05, 4.69) is 5.32 Å². The maximum absolute atomic E-state index is 12.9. The van der Waals surface area contributed by atoms with Crippen molar-refractivity contribution in [2.75, 3.05) is 20.1 Å². The van der Waals surface area contributed by atoms with Gasteiger partial charge in [-0.05, 0) is 37.1 Å². The summed E-state index contributed by atoms with van der Waals surface area (Å²) in [5.41, 5.74) is 1.71. The zero-order valence-electron chi connectivity index (χ0n) is 14.1. The third-order valence-corrected chi connectivity index (χ3v) is 4.49. The Morgan fingerprint density at radius 2 is 1.92 bits per heavy atom. The Morgan fingerprint density at radius 1 is 1.17 bits per heavy atom. The number of piperidine rings is 1. The number of carbonyl (C=O) groups excluding carboxylic acids is 1. The minimum absolute atomic E-state index is 0.0207. The third kappa shape index (κ3) is 3.95. The Labute approximate surface area is 143 Å². The van der Waals surface area contributed by atoms with Crippen LogP contribution in [-0.4, -0.2) is 37.0 Å². The van der Waals surface area contributed by atoms with Crippen molar-refractivity contribution in [3.63, 3.8) is 0 Å². The molecule has 0 bridgehead atoms. The number of para-hydroxylation sites is 1. The van der Waals surface area contributed by atoms with Crippen molar-refractivity contribution in [3.05, 3.63) is 65.7 Å². The van der Waals surface area contributed by atoms with Gasteiger partial charge in [-0.3, -0.25) is 4.79 Å². The van der Waals surface area contributed by atoms with Gasteiger partial charge in [-0.1, -0.05) is 42.5 Å². The van der Waals surface area contributed by atoms with Gasteiger partial charge in [0, 0.05) is 19.6 Å². The summed E-state index contributed by atoms with van der Waals surface area (Å²) in [6, 6.07) is 17.7. The van der Waals surface area contributed by atoms with Crippen molar-refractivity contribution in [2.45, 2.75) is 25.5 Å². The fourth-order valence-corrected chi connectivity index (χ4v) is 3.02. The molecule has 1 aliphatic heterocycles. The second-order valence-corrected chi connectivity index (χ2v) is 6.19. The molecule has 2 aromatic rings. The molecule has 0 aliphatic carbocycles. The number of nitrogens with one attached hydrogen (secondary N) is 1. The normalized spacial score (nSPS) is 17.3. The van der Waals surface area contributed by atoms with E-state index in [9.17, 15) is 4.79 Å². The van der Waals surface area contributed by atoms with Gasteiger partial charge in [0.25, 0.3) is 5.91 Å². The second-order valence-electron chi connectivity index (χ2n) is 6.19. The topological polar surface area (TPSA) is 41.6 Å². The number of carbonyl (C=O) groups is 1. The van der Waals surface area contributed by atoms with Crippen LogP contribution in [0.3, 0.4) is 0 Å². The Hall–Kier alpha value is -2.33. The molecule has 0 radical (unpaired) electrons. The third-order valence-electron chi connectivity index (χ3n) is 4.49. The summed E-state index contributed by atoms with van der Waals surface area (Å²) >= 11 is 0. The molecular weight excluding hydrogens is 300 g/mol. The summed E-state index contributed by atoms with van der Waals surface area (Å²) in [4.78, 5) is 14.7. The summed E-state index contributed by atoms with van der Waals surface area (Å²) in [5.74, 6) is 0.661. The summed E-state index contributed by atoms with van der Waals surface area (Å²) < 4.78 is 5.92. The van der Waals surface area contributed by atoms with E-state index in [1.54, 1.807) is 0 Å². The van der Waals surface area contributed by atoms with Gasteiger partial charge in [0.2, 0.25) is 0 Å². The second kappa shape index (κ2) is 7.97. The van der Waals surface area contributed by atoms with Crippen LogP contribution in [0.4, 0.5) is 0 Å². The molecule has 4 nitrogen and oxygen atoms in total. The summed E-state index contributed by atoms with van der Waals surface area (Å²) in [6.07, 6.45) is 2.15.